The molecule has 39 heavy (non-hydrogen) atoms. The molecule has 1 amide bonds. The number of thiocarbonyl (C=S) groups is 1. The average Bonchev–Trinajstić information content (AvgIpc) is 3.51. The van der Waals surface area contributed by atoms with Crippen LogP contribution in [-0.2, 0) is 4.79 Å². The van der Waals surface area contributed by atoms with Crippen LogP contribution < -0.4 is 10.6 Å². The molecule has 6 nitrogen and oxygen atoms in total. The number of benzene rings is 3. The van der Waals surface area contributed by atoms with E-state index >= 15 is 0 Å². The third kappa shape index (κ3) is 6.13. The van der Waals surface area contributed by atoms with Gasteiger partial charge >= 0.3 is 0 Å². The number of aromatic nitrogens is 1. The zero-order valence-electron chi connectivity index (χ0n) is 20.0. The lowest BCUT2D eigenvalue weighted by atomic mass is 10.1. The van der Waals surface area contributed by atoms with Crippen molar-refractivity contribution >= 4 is 92.5 Å². The van der Waals surface area contributed by atoms with Crippen LogP contribution in [0.3, 0.4) is 0 Å². The Morgan fingerprint density at radius 3 is 2.51 bits per heavy atom. The molecular weight excluding hydrogens is 600 g/mol. The normalized spacial score (nSPS) is 11.3. The standard InChI is InChI=1S/C28H17Cl4N3O3S/c1-14-18(27-33-23-13-16(30)12-21(32)26(23)38-27)3-2-4-22(14)34-28(39)35-25(36)10-7-17-6-9-24(37-17)19-8-5-15(29)11-20(19)31/h2-13H,1H3,(H2,34,35,36,39)/b10-7+. The van der Waals surface area contributed by atoms with E-state index in [-0.39, 0.29) is 5.11 Å². The molecule has 0 unspecified atom stereocenters. The van der Waals surface area contributed by atoms with E-state index < -0.39 is 5.91 Å². The lowest BCUT2D eigenvalue weighted by Gasteiger charge is -2.12. The van der Waals surface area contributed by atoms with E-state index in [1.54, 1.807) is 42.5 Å². The van der Waals surface area contributed by atoms with Gasteiger partial charge in [-0.2, -0.15) is 0 Å². The minimum atomic E-state index is -0.436. The number of furan rings is 1. The number of fused-ring (bicyclic) bond motifs is 1. The molecule has 0 atom stereocenters. The number of anilines is 1. The predicted octanol–water partition coefficient (Wildman–Crippen LogP) is 9.20. The molecule has 0 aliphatic carbocycles. The molecule has 0 spiro atoms. The van der Waals surface area contributed by atoms with Crippen molar-refractivity contribution < 1.29 is 13.6 Å². The lowest BCUT2D eigenvalue weighted by molar-refractivity contribution is -0.115. The van der Waals surface area contributed by atoms with Gasteiger partial charge in [-0.3, -0.25) is 10.1 Å². The van der Waals surface area contributed by atoms with Gasteiger partial charge in [-0.1, -0.05) is 52.5 Å². The lowest BCUT2D eigenvalue weighted by Crippen LogP contribution is -2.33. The number of hydrogen-bond acceptors (Lipinski definition) is 5. The number of halogens is 4. The number of hydrogen-bond donors (Lipinski definition) is 2. The van der Waals surface area contributed by atoms with Crippen molar-refractivity contribution in [3.05, 3.63) is 98.2 Å². The van der Waals surface area contributed by atoms with Gasteiger partial charge in [0.05, 0.1) is 10.0 Å². The first-order valence-electron chi connectivity index (χ1n) is 11.4. The van der Waals surface area contributed by atoms with Crippen molar-refractivity contribution in [2.75, 3.05) is 5.32 Å². The Balaban J connectivity index is 1.25. The zero-order chi connectivity index (χ0) is 27.7. The minimum Gasteiger partial charge on any atom is -0.457 e. The second-order valence-electron chi connectivity index (χ2n) is 8.34. The maximum Gasteiger partial charge on any atom is 0.250 e. The molecule has 0 saturated heterocycles. The summed E-state index contributed by atoms with van der Waals surface area (Å²) < 4.78 is 11.7. The first-order valence-corrected chi connectivity index (χ1v) is 13.3. The molecule has 5 aromatic rings. The highest BCUT2D eigenvalue weighted by molar-refractivity contribution is 7.80. The van der Waals surface area contributed by atoms with Crippen LogP contribution in [0.5, 0.6) is 0 Å². The van der Waals surface area contributed by atoms with Crippen LogP contribution in [0.15, 0.2) is 75.6 Å². The topological polar surface area (TPSA) is 80.3 Å². The van der Waals surface area contributed by atoms with E-state index in [0.717, 1.165) is 11.1 Å². The van der Waals surface area contributed by atoms with Crippen LogP contribution in [0.2, 0.25) is 20.1 Å². The van der Waals surface area contributed by atoms with Crippen molar-refractivity contribution in [3.63, 3.8) is 0 Å². The van der Waals surface area contributed by atoms with E-state index in [1.165, 1.54) is 12.2 Å². The Kier molecular flexibility index (Phi) is 7.98. The fourth-order valence-electron chi connectivity index (χ4n) is 3.82. The van der Waals surface area contributed by atoms with E-state index in [9.17, 15) is 4.79 Å². The van der Waals surface area contributed by atoms with Crippen molar-refractivity contribution in [3.8, 4) is 22.8 Å². The fourth-order valence-corrected chi connectivity index (χ4v) is 5.05. The molecule has 2 heterocycles. The maximum atomic E-state index is 12.5. The Hall–Kier alpha value is -3.33. The van der Waals surface area contributed by atoms with Gasteiger partial charge in [0.1, 0.15) is 17.0 Å². The van der Waals surface area contributed by atoms with Gasteiger partial charge in [-0.25, -0.2) is 4.98 Å². The quantitative estimate of drug-likeness (QED) is 0.151. The van der Waals surface area contributed by atoms with Crippen LogP contribution in [0.4, 0.5) is 5.69 Å². The summed E-state index contributed by atoms with van der Waals surface area (Å²) in [4.78, 5) is 17.0. The summed E-state index contributed by atoms with van der Waals surface area (Å²) in [7, 11) is 0. The average molecular weight is 617 g/mol. The highest BCUT2D eigenvalue weighted by Gasteiger charge is 2.16. The molecule has 2 aromatic heterocycles. The SMILES string of the molecule is Cc1c(NC(=S)NC(=O)/C=C/c2ccc(-c3ccc(Cl)cc3Cl)o2)cccc1-c1nc2cc(Cl)cc(Cl)c2o1. The first-order chi connectivity index (χ1) is 18.7. The van der Waals surface area contributed by atoms with Gasteiger partial charge in [0, 0.05) is 32.9 Å². The molecular formula is C28H17Cl4N3O3S. The molecule has 2 N–H and O–H groups in total. The van der Waals surface area contributed by atoms with Crippen molar-refractivity contribution in [1.82, 2.24) is 10.3 Å². The Bertz CT molecular complexity index is 1780. The number of rotatable bonds is 5. The largest absolute Gasteiger partial charge is 0.457 e. The highest BCUT2D eigenvalue weighted by Crippen LogP contribution is 2.35. The van der Waals surface area contributed by atoms with E-state index in [2.05, 4.69) is 15.6 Å². The summed E-state index contributed by atoms with van der Waals surface area (Å²) >= 11 is 29.9. The summed E-state index contributed by atoms with van der Waals surface area (Å²) in [6, 6.07) is 17.4. The molecule has 0 aliphatic heterocycles. The number of amides is 1. The van der Waals surface area contributed by atoms with Crippen LogP contribution in [0, 0.1) is 6.92 Å². The van der Waals surface area contributed by atoms with Gasteiger partial charge < -0.3 is 14.2 Å². The molecule has 3 aromatic carbocycles. The third-order valence-electron chi connectivity index (χ3n) is 5.68. The molecule has 0 fully saturated rings. The highest BCUT2D eigenvalue weighted by atomic mass is 35.5. The summed E-state index contributed by atoms with van der Waals surface area (Å²) in [6.45, 7) is 1.88. The second kappa shape index (κ2) is 11.4. The summed E-state index contributed by atoms with van der Waals surface area (Å²) in [6.07, 6.45) is 2.85. The maximum absolute atomic E-state index is 12.5. The van der Waals surface area contributed by atoms with Gasteiger partial charge in [0.15, 0.2) is 10.7 Å². The van der Waals surface area contributed by atoms with Crippen LogP contribution in [0.1, 0.15) is 11.3 Å². The van der Waals surface area contributed by atoms with Gasteiger partial charge in [-0.05, 0) is 85.4 Å². The monoisotopic (exact) mass is 615 g/mol. The third-order valence-corrected chi connectivity index (χ3v) is 6.93. The Morgan fingerprint density at radius 1 is 0.923 bits per heavy atom. The number of nitrogens with zero attached hydrogens (tertiary/aromatic N) is 1. The molecule has 0 bridgehead atoms. The molecule has 5 rings (SSSR count). The van der Waals surface area contributed by atoms with Gasteiger partial charge in [0.2, 0.25) is 11.8 Å². The van der Waals surface area contributed by atoms with E-state index in [1.807, 2.05) is 25.1 Å². The van der Waals surface area contributed by atoms with Crippen LogP contribution >= 0.6 is 58.6 Å². The second-order valence-corrected chi connectivity index (χ2v) is 10.4. The van der Waals surface area contributed by atoms with Gasteiger partial charge in [-0.15, -0.1) is 0 Å². The number of carbonyl (C=O) groups excluding carboxylic acids is 1. The molecule has 0 aliphatic rings. The smallest absolute Gasteiger partial charge is 0.250 e. The number of oxazole rings is 1. The molecule has 196 valence electrons. The fraction of sp³-hybridized carbons (Fsp3) is 0.0357. The first kappa shape index (κ1) is 27.2. The van der Waals surface area contributed by atoms with Crippen LogP contribution in [0.25, 0.3) is 40.0 Å². The van der Waals surface area contributed by atoms with Crippen molar-refractivity contribution in [2.45, 2.75) is 6.92 Å². The van der Waals surface area contributed by atoms with Crippen LogP contribution in [-0.4, -0.2) is 16.0 Å². The molecule has 11 heteroatoms. The predicted molar refractivity (Wildman–Crippen MR) is 162 cm³/mol. The number of nitrogens with one attached hydrogen (secondary N) is 2. The van der Waals surface area contributed by atoms with E-state index in [0.29, 0.717) is 59.9 Å². The van der Waals surface area contributed by atoms with Gasteiger partial charge in [0.25, 0.3) is 0 Å². The Labute approximate surface area is 248 Å². The molecule has 0 radical (unpaired) electrons. The summed E-state index contributed by atoms with van der Waals surface area (Å²) in [5.41, 5.74) is 3.90. The summed E-state index contributed by atoms with van der Waals surface area (Å²) in [5, 5.41) is 7.61. The van der Waals surface area contributed by atoms with E-state index in [4.69, 9.17) is 67.5 Å². The Morgan fingerprint density at radius 2 is 1.72 bits per heavy atom. The van der Waals surface area contributed by atoms with Crippen molar-refractivity contribution in [1.29, 1.82) is 0 Å². The molecule has 0 saturated carbocycles. The number of carbonyl (C=O) groups is 1. The minimum absolute atomic E-state index is 0.116. The summed E-state index contributed by atoms with van der Waals surface area (Å²) in [5.74, 6) is 0.960. The zero-order valence-corrected chi connectivity index (χ0v) is 23.9. The van der Waals surface area contributed by atoms with Crippen molar-refractivity contribution in [2.24, 2.45) is 0 Å².